The number of piperidine rings is 1. The van der Waals surface area contributed by atoms with Crippen molar-refractivity contribution in [2.75, 3.05) is 18.0 Å². The van der Waals surface area contributed by atoms with E-state index < -0.39 is 0 Å². The summed E-state index contributed by atoms with van der Waals surface area (Å²) in [5.41, 5.74) is 0.864. The van der Waals surface area contributed by atoms with Gasteiger partial charge in [0.1, 0.15) is 5.82 Å². The Morgan fingerprint density at radius 2 is 2.36 bits per heavy atom. The topological polar surface area (TPSA) is 66.0 Å². The van der Waals surface area contributed by atoms with E-state index in [1.807, 2.05) is 17.9 Å². The number of hydrogen-bond acceptors (Lipinski definition) is 5. The predicted octanol–water partition coefficient (Wildman–Crippen LogP) is 3.03. The number of aromatic nitrogens is 2. The SMILES string of the molecule is CCc1nc(C2CCCN(c3ccc(C#N)cc3F)C2)no1. The molecule has 1 unspecified atom stereocenters. The molecule has 0 spiro atoms. The Hall–Kier alpha value is -2.42. The first-order valence-corrected chi connectivity index (χ1v) is 7.48. The van der Waals surface area contributed by atoms with Crippen LogP contribution in [0.25, 0.3) is 0 Å². The van der Waals surface area contributed by atoms with Gasteiger partial charge in [-0.2, -0.15) is 10.2 Å². The van der Waals surface area contributed by atoms with Gasteiger partial charge in [-0.1, -0.05) is 12.1 Å². The molecule has 2 heterocycles. The Labute approximate surface area is 128 Å². The van der Waals surface area contributed by atoms with Gasteiger partial charge in [-0.25, -0.2) is 4.39 Å². The largest absolute Gasteiger partial charge is 0.368 e. The molecule has 3 rings (SSSR count). The zero-order valence-corrected chi connectivity index (χ0v) is 12.4. The van der Waals surface area contributed by atoms with E-state index in [2.05, 4.69) is 10.1 Å². The van der Waals surface area contributed by atoms with E-state index in [4.69, 9.17) is 9.78 Å². The van der Waals surface area contributed by atoms with Crippen molar-refractivity contribution in [3.63, 3.8) is 0 Å². The highest BCUT2D eigenvalue weighted by Gasteiger charge is 2.26. The van der Waals surface area contributed by atoms with Crippen LogP contribution in [-0.4, -0.2) is 23.2 Å². The van der Waals surface area contributed by atoms with Crippen LogP contribution in [0.3, 0.4) is 0 Å². The van der Waals surface area contributed by atoms with Gasteiger partial charge in [0.25, 0.3) is 0 Å². The normalized spacial score (nSPS) is 18.2. The standard InChI is InChI=1S/C16H17FN4O/c1-2-15-19-16(20-22-15)12-4-3-7-21(10-12)14-6-5-11(9-18)8-13(14)17/h5-6,8,12H,2-4,7,10H2,1H3. The minimum absolute atomic E-state index is 0.146. The summed E-state index contributed by atoms with van der Waals surface area (Å²) in [6.45, 7) is 3.42. The highest BCUT2D eigenvalue weighted by Crippen LogP contribution is 2.30. The molecular weight excluding hydrogens is 283 g/mol. The zero-order valence-electron chi connectivity index (χ0n) is 12.4. The lowest BCUT2D eigenvalue weighted by Crippen LogP contribution is -2.35. The van der Waals surface area contributed by atoms with Crippen molar-refractivity contribution in [2.24, 2.45) is 0 Å². The van der Waals surface area contributed by atoms with Crippen LogP contribution in [0.2, 0.25) is 0 Å². The molecule has 1 aliphatic heterocycles. The highest BCUT2D eigenvalue weighted by molar-refractivity contribution is 5.51. The van der Waals surface area contributed by atoms with Crippen LogP contribution in [0, 0.1) is 17.1 Å². The number of anilines is 1. The lowest BCUT2D eigenvalue weighted by atomic mass is 9.96. The molecule has 1 aliphatic rings. The van der Waals surface area contributed by atoms with Gasteiger partial charge >= 0.3 is 0 Å². The third kappa shape index (κ3) is 2.80. The van der Waals surface area contributed by atoms with E-state index in [0.29, 0.717) is 35.9 Å². The molecule has 5 nitrogen and oxygen atoms in total. The lowest BCUT2D eigenvalue weighted by molar-refractivity contribution is 0.368. The van der Waals surface area contributed by atoms with Crippen molar-refractivity contribution in [1.29, 1.82) is 5.26 Å². The van der Waals surface area contributed by atoms with E-state index in [0.717, 1.165) is 19.4 Å². The minimum Gasteiger partial charge on any atom is -0.368 e. The number of halogens is 1. The average molecular weight is 300 g/mol. The van der Waals surface area contributed by atoms with Crippen LogP contribution in [0.15, 0.2) is 22.7 Å². The third-order valence-corrected chi connectivity index (χ3v) is 3.99. The molecule has 1 saturated heterocycles. The molecule has 2 aromatic rings. The zero-order chi connectivity index (χ0) is 15.5. The van der Waals surface area contributed by atoms with Crippen LogP contribution in [0.5, 0.6) is 0 Å². The van der Waals surface area contributed by atoms with Crippen LogP contribution in [0.1, 0.15) is 43.0 Å². The molecular formula is C16H17FN4O. The fraction of sp³-hybridized carbons (Fsp3) is 0.438. The van der Waals surface area contributed by atoms with Gasteiger partial charge in [-0.3, -0.25) is 0 Å². The minimum atomic E-state index is -0.359. The molecule has 1 fully saturated rings. The fourth-order valence-electron chi connectivity index (χ4n) is 2.82. The van der Waals surface area contributed by atoms with Gasteiger partial charge in [0.2, 0.25) is 5.89 Å². The van der Waals surface area contributed by atoms with Crippen molar-refractivity contribution in [3.05, 3.63) is 41.3 Å². The van der Waals surface area contributed by atoms with Gasteiger partial charge in [-0.05, 0) is 31.0 Å². The summed E-state index contributed by atoms with van der Waals surface area (Å²) >= 11 is 0. The maximum Gasteiger partial charge on any atom is 0.226 e. The van der Waals surface area contributed by atoms with Crippen molar-refractivity contribution in [3.8, 4) is 6.07 Å². The second kappa shape index (κ2) is 6.14. The van der Waals surface area contributed by atoms with Gasteiger partial charge in [0, 0.05) is 25.4 Å². The Kier molecular flexibility index (Phi) is 4.05. The quantitative estimate of drug-likeness (QED) is 0.871. The van der Waals surface area contributed by atoms with Crippen LogP contribution in [-0.2, 0) is 6.42 Å². The number of aryl methyl sites for hydroxylation is 1. The lowest BCUT2D eigenvalue weighted by Gasteiger charge is -2.33. The van der Waals surface area contributed by atoms with Crippen molar-refractivity contribution in [2.45, 2.75) is 32.1 Å². The molecule has 0 saturated carbocycles. The summed E-state index contributed by atoms with van der Waals surface area (Å²) in [6, 6.07) is 6.55. The molecule has 114 valence electrons. The molecule has 0 amide bonds. The Bertz CT molecular complexity index is 706. The van der Waals surface area contributed by atoms with Gasteiger partial charge in [0.15, 0.2) is 5.82 Å². The molecule has 22 heavy (non-hydrogen) atoms. The summed E-state index contributed by atoms with van der Waals surface area (Å²) in [5, 5.41) is 12.9. The monoisotopic (exact) mass is 300 g/mol. The van der Waals surface area contributed by atoms with Crippen molar-refractivity contribution >= 4 is 5.69 Å². The van der Waals surface area contributed by atoms with Gasteiger partial charge in [-0.15, -0.1) is 0 Å². The smallest absolute Gasteiger partial charge is 0.226 e. The first-order chi connectivity index (χ1) is 10.7. The first kappa shape index (κ1) is 14.5. The molecule has 1 aromatic carbocycles. The summed E-state index contributed by atoms with van der Waals surface area (Å²) in [5.74, 6) is 1.13. The summed E-state index contributed by atoms with van der Waals surface area (Å²) in [4.78, 5) is 6.38. The number of hydrogen-bond donors (Lipinski definition) is 0. The summed E-state index contributed by atoms with van der Waals surface area (Å²) < 4.78 is 19.3. The van der Waals surface area contributed by atoms with Gasteiger partial charge in [0.05, 0.1) is 17.3 Å². The molecule has 0 radical (unpaired) electrons. The van der Waals surface area contributed by atoms with E-state index in [1.54, 1.807) is 12.1 Å². The number of benzene rings is 1. The molecule has 6 heteroatoms. The summed E-state index contributed by atoms with van der Waals surface area (Å²) in [7, 11) is 0. The predicted molar refractivity (Wildman–Crippen MR) is 79.0 cm³/mol. The van der Waals surface area contributed by atoms with Crippen molar-refractivity contribution < 1.29 is 8.91 Å². The molecule has 0 aliphatic carbocycles. The first-order valence-electron chi connectivity index (χ1n) is 7.48. The third-order valence-electron chi connectivity index (χ3n) is 3.99. The van der Waals surface area contributed by atoms with E-state index in [-0.39, 0.29) is 11.7 Å². The van der Waals surface area contributed by atoms with Crippen LogP contribution < -0.4 is 4.90 Å². The number of rotatable bonds is 3. The maximum atomic E-state index is 14.2. The molecule has 0 bridgehead atoms. The Balaban J connectivity index is 1.79. The van der Waals surface area contributed by atoms with Gasteiger partial charge < -0.3 is 9.42 Å². The Morgan fingerprint density at radius 3 is 3.05 bits per heavy atom. The average Bonchev–Trinajstić information content (AvgIpc) is 3.04. The second-order valence-electron chi connectivity index (χ2n) is 5.46. The second-order valence-corrected chi connectivity index (χ2v) is 5.46. The molecule has 1 aromatic heterocycles. The fourth-order valence-corrected chi connectivity index (χ4v) is 2.82. The number of nitrogens with zero attached hydrogens (tertiary/aromatic N) is 4. The van der Waals surface area contributed by atoms with E-state index in [9.17, 15) is 4.39 Å². The van der Waals surface area contributed by atoms with E-state index in [1.165, 1.54) is 6.07 Å². The van der Waals surface area contributed by atoms with E-state index >= 15 is 0 Å². The van der Waals surface area contributed by atoms with Crippen LogP contribution >= 0.6 is 0 Å². The summed E-state index contributed by atoms with van der Waals surface area (Å²) in [6.07, 6.45) is 2.63. The molecule has 0 N–H and O–H groups in total. The van der Waals surface area contributed by atoms with Crippen LogP contribution in [0.4, 0.5) is 10.1 Å². The molecule has 1 atom stereocenters. The number of nitriles is 1. The maximum absolute atomic E-state index is 14.2. The van der Waals surface area contributed by atoms with Crippen molar-refractivity contribution in [1.82, 2.24) is 10.1 Å². The Morgan fingerprint density at radius 1 is 1.50 bits per heavy atom. The highest BCUT2D eigenvalue weighted by atomic mass is 19.1.